The molecule has 0 unspecified atom stereocenters. The maximum Gasteiger partial charge on any atom is 0.254 e. The van der Waals surface area contributed by atoms with E-state index in [9.17, 15) is 4.79 Å². The molecule has 2 heterocycles. The molecular weight excluding hydrogens is 438 g/mol. The van der Waals surface area contributed by atoms with Crippen LogP contribution < -0.4 is 4.74 Å². The van der Waals surface area contributed by atoms with E-state index in [0.717, 1.165) is 49.9 Å². The summed E-state index contributed by atoms with van der Waals surface area (Å²) < 4.78 is 11.4. The van der Waals surface area contributed by atoms with E-state index < -0.39 is 0 Å². The van der Waals surface area contributed by atoms with Crippen molar-refractivity contribution in [3.8, 4) is 5.75 Å². The number of carbonyl (C=O) groups is 1. The van der Waals surface area contributed by atoms with E-state index in [2.05, 4.69) is 9.88 Å². The van der Waals surface area contributed by atoms with Gasteiger partial charge in [-0.05, 0) is 48.0 Å². The molecule has 3 aromatic rings. The van der Waals surface area contributed by atoms with Crippen LogP contribution in [0.5, 0.6) is 5.75 Å². The van der Waals surface area contributed by atoms with Crippen molar-refractivity contribution >= 4 is 17.5 Å². The molecule has 2 aromatic carbocycles. The normalized spacial score (nSPS) is 14.1. The summed E-state index contributed by atoms with van der Waals surface area (Å²) >= 11 is 6.13. The van der Waals surface area contributed by atoms with Crippen molar-refractivity contribution < 1.29 is 14.3 Å². The number of halogens is 1. The van der Waals surface area contributed by atoms with Crippen LogP contribution in [-0.2, 0) is 17.8 Å². The lowest BCUT2D eigenvalue weighted by atomic mass is 10.1. The number of amides is 1. The number of morpholine rings is 1. The zero-order chi connectivity index (χ0) is 22.9. The molecule has 33 heavy (non-hydrogen) atoms. The quantitative estimate of drug-likeness (QED) is 0.472. The van der Waals surface area contributed by atoms with Gasteiger partial charge in [0.15, 0.2) is 0 Å². The highest BCUT2D eigenvalue weighted by Crippen LogP contribution is 2.19. The van der Waals surface area contributed by atoms with Crippen LogP contribution in [0.4, 0.5) is 0 Å². The fourth-order valence-electron chi connectivity index (χ4n) is 3.76. The maximum atomic E-state index is 13.3. The van der Waals surface area contributed by atoms with Crippen LogP contribution in [0.3, 0.4) is 0 Å². The van der Waals surface area contributed by atoms with Crippen molar-refractivity contribution in [2.75, 3.05) is 39.5 Å². The van der Waals surface area contributed by atoms with E-state index in [1.54, 1.807) is 35.4 Å². The zero-order valence-electron chi connectivity index (χ0n) is 18.5. The smallest absolute Gasteiger partial charge is 0.254 e. The third-order valence-corrected chi connectivity index (χ3v) is 5.72. The van der Waals surface area contributed by atoms with Gasteiger partial charge in [-0.3, -0.25) is 14.7 Å². The first kappa shape index (κ1) is 23.2. The van der Waals surface area contributed by atoms with Crippen LogP contribution in [-0.4, -0.2) is 60.1 Å². The Morgan fingerprint density at radius 2 is 1.88 bits per heavy atom. The monoisotopic (exact) mass is 465 g/mol. The van der Waals surface area contributed by atoms with E-state index in [4.69, 9.17) is 21.1 Å². The summed E-state index contributed by atoms with van der Waals surface area (Å²) in [6.07, 6.45) is 1.74. The van der Waals surface area contributed by atoms with Crippen LogP contribution in [0.25, 0.3) is 0 Å². The highest BCUT2D eigenvalue weighted by Gasteiger charge is 2.18. The first-order valence-electron chi connectivity index (χ1n) is 11.1. The number of hydrogen-bond acceptors (Lipinski definition) is 5. The van der Waals surface area contributed by atoms with E-state index in [1.165, 1.54) is 0 Å². The summed E-state index contributed by atoms with van der Waals surface area (Å²) in [5.41, 5.74) is 2.37. The summed E-state index contributed by atoms with van der Waals surface area (Å²) in [5, 5.41) is 0.536. The molecule has 172 valence electrons. The Balaban J connectivity index is 1.44. The number of benzene rings is 2. The van der Waals surface area contributed by atoms with Crippen molar-refractivity contribution in [3.63, 3.8) is 0 Å². The predicted octanol–water partition coefficient (Wildman–Crippen LogP) is 4.29. The Hall–Kier alpha value is -2.93. The largest absolute Gasteiger partial charge is 0.492 e. The number of ether oxygens (including phenoxy) is 2. The fourth-order valence-corrected chi connectivity index (χ4v) is 3.95. The van der Waals surface area contributed by atoms with Gasteiger partial charge in [0.05, 0.1) is 25.5 Å². The van der Waals surface area contributed by atoms with E-state index in [-0.39, 0.29) is 5.91 Å². The lowest BCUT2D eigenvalue weighted by Gasteiger charge is -2.26. The molecule has 0 aliphatic carbocycles. The molecule has 1 amide bonds. The fraction of sp³-hybridized carbons (Fsp3) is 0.308. The van der Waals surface area contributed by atoms with Crippen LogP contribution in [0.2, 0.25) is 5.02 Å². The van der Waals surface area contributed by atoms with Gasteiger partial charge >= 0.3 is 0 Å². The first-order valence-corrected chi connectivity index (χ1v) is 11.5. The van der Waals surface area contributed by atoms with E-state index in [1.807, 2.05) is 42.5 Å². The molecule has 0 radical (unpaired) electrons. The molecule has 1 aliphatic rings. The molecule has 1 aromatic heterocycles. The third kappa shape index (κ3) is 7.02. The van der Waals surface area contributed by atoms with Gasteiger partial charge in [-0.1, -0.05) is 35.9 Å². The Morgan fingerprint density at radius 1 is 1.03 bits per heavy atom. The molecule has 1 saturated heterocycles. The molecule has 0 atom stereocenters. The molecule has 0 bridgehead atoms. The minimum Gasteiger partial charge on any atom is -0.492 e. The van der Waals surface area contributed by atoms with Crippen molar-refractivity contribution in [2.24, 2.45) is 0 Å². The Kier molecular flexibility index (Phi) is 8.30. The summed E-state index contributed by atoms with van der Waals surface area (Å²) in [7, 11) is 0. The topological polar surface area (TPSA) is 54.9 Å². The van der Waals surface area contributed by atoms with Gasteiger partial charge in [0.1, 0.15) is 12.4 Å². The van der Waals surface area contributed by atoms with Crippen molar-refractivity contribution in [3.05, 3.63) is 94.8 Å². The van der Waals surface area contributed by atoms with Gasteiger partial charge in [0.25, 0.3) is 5.91 Å². The summed E-state index contributed by atoms with van der Waals surface area (Å²) in [4.78, 5) is 21.8. The lowest BCUT2D eigenvalue weighted by molar-refractivity contribution is 0.0322. The SMILES string of the molecule is O=C(c1cccc(Cl)c1)N(Cc1cccc(OCCN2CCOCC2)c1)Cc1ccccn1. The highest BCUT2D eigenvalue weighted by molar-refractivity contribution is 6.30. The molecule has 0 saturated carbocycles. The lowest BCUT2D eigenvalue weighted by Crippen LogP contribution is -2.38. The minimum absolute atomic E-state index is 0.0956. The molecule has 1 aliphatic heterocycles. The molecule has 1 fully saturated rings. The standard InChI is InChI=1S/C26H28ClN3O3/c27-23-7-4-6-22(18-23)26(31)30(20-24-8-1-2-10-28-24)19-21-5-3-9-25(17-21)33-16-13-29-11-14-32-15-12-29/h1-10,17-18H,11-16,19-20H2. The van der Waals surface area contributed by atoms with Crippen molar-refractivity contribution in [1.82, 2.24) is 14.8 Å². The summed E-state index contributed by atoms with van der Waals surface area (Å²) in [6.45, 7) is 5.76. The molecular formula is C26H28ClN3O3. The second-order valence-corrected chi connectivity index (χ2v) is 8.38. The number of rotatable bonds is 9. The molecule has 4 rings (SSSR count). The van der Waals surface area contributed by atoms with Crippen LogP contribution in [0.15, 0.2) is 72.9 Å². The van der Waals surface area contributed by atoms with Crippen LogP contribution in [0, 0.1) is 0 Å². The van der Waals surface area contributed by atoms with E-state index >= 15 is 0 Å². The van der Waals surface area contributed by atoms with Gasteiger partial charge in [-0.2, -0.15) is 0 Å². The molecule has 0 N–H and O–H groups in total. The number of nitrogens with zero attached hydrogens (tertiary/aromatic N) is 3. The number of carbonyl (C=O) groups excluding carboxylic acids is 1. The van der Waals surface area contributed by atoms with Gasteiger partial charge in [0.2, 0.25) is 0 Å². The maximum absolute atomic E-state index is 13.3. The second kappa shape index (κ2) is 11.8. The number of hydrogen-bond donors (Lipinski definition) is 0. The Bertz CT molecular complexity index is 1040. The van der Waals surface area contributed by atoms with E-state index in [0.29, 0.717) is 30.3 Å². The predicted molar refractivity (Wildman–Crippen MR) is 128 cm³/mol. The average molecular weight is 466 g/mol. The Labute approximate surface area is 199 Å². The minimum atomic E-state index is -0.0956. The van der Waals surface area contributed by atoms with Crippen LogP contribution in [0.1, 0.15) is 21.6 Å². The van der Waals surface area contributed by atoms with Gasteiger partial charge < -0.3 is 14.4 Å². The highest BCUT2D eigenvalue weighted by atomic mass is 35.5. The van der Waals surface area contributed by atoms with Gasteiger partial charge in [0, 0.05) is 43.0 Å². The summed E-state index contributed by atoms with van der Waals surface area (Å²) in [6, 6.07) is 20.7. The average Bonchev–Trinajstić information content (AvgIpc) is 2.85. The third-order valence-electron chi connectivity index (χ3n) is 5.49. The molecule has 0 spiro atoms. The van der Waals surface area contributed by atoms with Crippen molar-refractivity contribution in [2.45, 2.75) is 13.1 Å². The van der Waals surface area contributed by atoms with Gasteiger partial charge in [-0.25, -0.2) is 0 Å². The zero-order valence-corrected chi connectivity index (χ0v) is 19.3. The number of aromatic nitrogens is 1. The Morgan fingerprint density at radius 3 is 2.67 bits per heavy atom. The molecule has 6 nitrogen and oxygen atoms in total. The van der Waals surface area contributed by atoms with Gasteiger partial charge in [-0.15, -0.1) is 0 Å². The van der Waals surface area contributed by atoms with Crippen LogP contribution >= 0.6 is 11.6 Å². The molecule has 7 heteroatoms. The first-order chi connectivity index (χ1) is 16.2. The van der Waals surface area contributed by atoms with Crippen molar-refractivity contribution in [1.29, 1.82) is 0 Å². The second-order valence-electron chi connectivity index (χ2n) is 7.94. The number of pyridine rings is 1. The summed E-state index contributed by atoms with van der Waals surface area (Å²) in [5.74, 6) is 0.704.